The summed E-state index contributed by atoms with van der Waals surface area (Å²) >= 11 is 5.83. The molecule has 2 N–H and O–H groups in total. The third-order valence-corrected chi connectivity index (χ3v) is 2.59. The monoisotopic (exact) mass is 248 g/mol. The number of nitrogens with zero attached hydrogens (tertiary/aromatic N) is 3. The molecule has 0 fully saturated rings. The van der Waals surface area contributed by atoms with Crippen LogP contribution in [-0.2, 0) is 12.8 Å². The molecular formula is C12H13ClN4. The molecule has 0 atom stereocenters. The van der Waals surface area contributed by atoms with E-state index >= 15 is 0 Å². The molecule has 5 heteroatoms. The Kier molecular flexibility index (Phi) is 3.54. The number of rotatable bonds is 3. The predicted molar refractivity (Wildman–Crippen MR) is 67.9 cm³/mol. The Morgan fingerprint density at radius 2 is 1.71 bits per heavy atom. The predicted octanol–water partition coefficient (Wildman–Crippen LogP) is 2.26. The molecule has 0 spiro atoms. The van der Waals surface area contributed by atoms with Crippen molar-refractivity contribution in [3.05, 3.63) is 46.5 Å². The van der Waals surface area contributed by atoms with Gasteiger partial charge in [-0.15, -0.1) is 0 Å². The molecule has 0 radical (unpaired) electrons. The number of nitrogen functional groups attached to an aromatic ring is 1. The minimum Gasteiger partial charge on any atom is -0.368 e. The minimum absolute atomic E-state index is 0.279. The van der Waals surface area contributed by atoms with Gasteiger partial charge in [0.15, 0.2) is 0 Å². The average molecular weight is 249 g/mol. The number of hydrogen-bond donors (Lipinski definition) is 1. The van der Waals surface area contributed by atoms with E-state index in [9.17, 15) is 0 Å². The lowest BCUT2D eigenvalue weighted by molar-refractivity contribution is 0.846. The van der Waals surface area contributed by atoms with E-state index in [-0.39, 0.29) is 5.95 Å². The number of benzene rings is 1. The highest BCUT2D eigenvalue weighted by Crippen LogP contribution is 2.12. The molecule has 2 rings (SSSR count). The average Bonchev–Trinajstić information content (AvgIpc) is 2.31. The van der Waals surface area contributed by atoms with Crippen molar-refractivity contribution in [1.82, 2.24) is 15.0 Å². The molecule has 0 aliphatic carbocycles. The zero-order valence-corrected chi connectivity index (χ0v) is 10.3. The molecule has 0 bridgehead atoms. The van der Waals surface area contributed by atoms with Crippen molar-refractivity contribution in [2.24, 2.45) is 0 Å². The van der Waals surface area contributed by atoms with Gasteiger partial charge in [0.05, 0.1) is 0 Å². The van der Waals surface area contributed by atoms with Crippen molar-refractivity contribution in [1.29, 1.82) is 0 Å². The molecule has 17 heavy (non-hydrogen) atoms. The van der Waals surface area contributed by atoms with Gasteiger partial charge in [0.1, 0.15) is 11.6 Å². The molecule has 0 aliphatic rings. The van der Waals surface area contributed by atoms with E-state index in [1.165, 1.54) is 0 Å². The molecule has 0 aliphatic heterocycles. The van der Waals surface area contributed by atoms with Gasteiger partial charge in [0.2, 0.25) is 5.95 Å². The summed E-state index contributed by atoms with van der Waals surface area (Å²) < 4.78 is 0. The molecule has 1 aromatic heterocycles. The lowest BCUT2D eigenvalue weighted by Gasteiger charge is -2.03. The van der Waals surface area contributed by atoms with Crippen LogP contribution in [0, 0.1) is 0 Å². The number of anilines is 1. The number of aryl methyl sites for hydroxylation is 1. The highest BCUT2D eigenvalue weighted by molar-refractivity contribution is 6.30. The van der Waals surface area contributed by atoms with E-state index in [1.54, 1.807) is 0 Å². The van der Waals surface area contributed by atoms with E-state index in [4.69, 9.17) is 17.3 Å². The van der Waals surface area contributed by atoms with Crippen molar-refractivity contribution in [2.75, 3.05) is 5.73 Å². The molecule has 0 saturated heterocycles. The molecule has 0 amide bonds. The van der Waals surface area contributed by atoms with Crippen molar-refractivity contribution in [3.8, 4) is 0 Å². The summed E-state index contributed by atoms with van der Waals surface area (Å²) in [4.78, 5) is 12.5. The second kappa shape index (κ2) is 5.10. The van der Waals surface area contributed by atoms with Crippen molar-refractivity contribution in [2.45, 2.75) is 19.8 Å². The van der Waals surface area contributed by atoms with E-state index < -0.39 is 0 Å². The molecule has 4 nitrogen and oxygen atoms in total. The Morgan fingerprint density at radius 1 is 1.06 bits per heavy atom. The summed E-state index contributed by atoms with van der Waals surface area (Å²) in [6, 6.07) is 7.60. The number of aromatic nitrogens is 3. The van der Waals surface area contributed by atoms with Crippen molar-refractivity contribution < 1.29 is 0 Å². The number of halogens is 1. The van der Waals surface area contributed by atoms with E-state index in [2.05, 4.69) is 15.0 Å². The summed E-state index contributed by atoms with van der Waals surface area (Å²) in [7, 11) is 0. The zero-order chi connectivity index (χ0) is 12.3. The van der Waals surface area contributed by atoms with Crippen LogP contribution >= 0.6 is 11.6 Å². The maximum absolute atomic E-state index is 5.83. The van der Waals surface area contributed by atoms with Crippen LogP contribution in [0.25, 0.3) is 0 Å². The summed E-state index contributed by atoms with van der Waals surface area (Å²) in [6.45, 7) is 1.99. The Morgan fingerprint density at radius 3 is 2.35 bits per heavy atom. The molecular weight excluding hydrogens is 236 g/mol. The van der Waals surface area contributed by atoms with Crippen LogP contribution in [0.15, 0.2) is 24.3 Å². The first-order chi connectivity index (χ1) is 8.17. The summed E-state index contributed by atoms with van der Waals surface area (Å²) in [5.74, 6) is 1.69. The molecule has 1 aromatic carbocycles. The summed E-state index contributed by atoms with van der Waals surface area (Å²) in [5, 5.41) is 0.721. The second-order valence-corrected chi connectivity index (χ2v) is 4.12. The standard InChI is InChI=1S/C12H13ClN4/c1-2-10-15-11(17-12(14)16-10)7-8-3-5-9(13)6-4-8/h3-6H,2,7H2,1H3,(H2,14,15,16,17). The van der Waals surface area contributed by atoms with Gasteiger partial charge in [-0.3, -0.25) is 0 Å². The van der Waals surface area contributed by atoms with Gasteiger partial charge >= 0.3 is 0 Å². The van der Waals surface area contributed by atoms with Gasteiger partial charge in [0.25, 0.3) is 0 Å². The summed E-state index contributed by atoms with van der Waals surface area (Å²) in [5.41, 5.74) is 6.73. The van der Waals surface area contributed by atoms with Crippen LogP contribution < -0.4 is 5.73 Å². The highest BCUT2D eigenvalue weighted by Gasteiger charge is 2.04. The van der Waals surface area contributed by atoms with Gasteiger partial charge in [-0.05, 0) is 17.7 Å². The largest absolute Gasteiger partial charge is 0.368 e. The normalized spacial score (nSPS) is 10.5. The first kappa shape index (κ1) is 11.8. The van der Waals surface area contributed by atoms with Crippen molar-refractivity contribution >= 4 is 17.5 Å². The quantitative estimate of drug-likeness (QED) is 0.905. The Hall–Kier alpha value is -1.68. The smallest absolute Gasteiger partial charge is 0.223 e. The van der Waals surface area contributed by atoms with Crippen LogP contribution in [0.4, 0.5) is 5.95 Å². The third kappa shape index (κ3) is 3.14. The number of hydrogen-bond acceptors (Lipinski definition) is 4. The van der Waals surface area contributed by atoms with E-state index in [1.807, 2.05) is 31.2 Å². The molecule has 0 saturated carbocycles. The van der Waals surface area contributed by atoms with Crippen LogP contribution in [0.5, 0.6) is 0 Å². The fraction of sp³-hybridized carbons (Fsp3) is 0.250. The van der Waals surface area contributed by atoms with Gasteiger partial charge in [0, 0.05) is 17.9 Å². The Labute approximate surface area is 105 Å². The van der Waals surface area contributed by atoms with Crippen LogP contribution in [0.1, 0.15) is 24.1 Å². The van der Waals surface area contributed by atoms with Crippen LogP contribution in [0.2, 0.25) is 5.02 Å². The van der Waals surface area contributed by atoms with Gasteiger partial charge in [-0.1, -0.05) is 30.7 Å². The van der Waals surface area contributed by atoms with Gasteiger partial charge in [-0.2, -0.15) is 9.97 Å². The number of nitrogens with two attached hydrogens (primary N) is 1. The van der Waals surface area contributed by atoms with E-state index in [0.29, 0.717) is 12.2 Å². The Balaban J connectivity index is 2.23. The maximum Gasteiger partial charge on any atom is 0.223 e. The summed E-state index contributed by atoms with van der Waals surface area (Å²) in [6.07, 6.45) is 1.39. The van der Waals surface area contributed by atoms with Gasteiger partial charge in [-0.25, -0.2) is 4.98 Å². The molecule has 0 unspecified atom stereocenters. The van der Waals surface area contributed by atoms with Crippen LogP contribution in [0.3, 0.4) is 0 Å². The fourth-order valence-electron chi connectivity index (χ4n) is 1.51. The first-order valence-corrected chi connectivity index (χ1v) is 5.79. The van der Waals surface area contributed by atoms with Gasteiger partial charge < -0.3 is 5.73 Å². The molecule has 1 heterocycles. The van der Waals surface area contributed by atoms with Crippen LogP contribution in [-0.4, -0.2) is 15.0 Å². The Bertz CT molecular complexity index is 510. The third-order valence-electron chi connectivity index (χ3n) is 2.34. The SMILES string of the molecule is CCc1nc(N)nc(Cc2ccc(Cl)cc2)n1. The highest BCUT2D eigenvalue weighted by atomic mass is 35.5. The fourth-order valence-corrected chi connectivity index (χ4v) is 1.64. The first-order valence-electron chi connectivity index (χ1n) is 5.41. The van der Waals surface area contributed by atoms with Crippen molar-refractivity contribution in [3.63, 3.8) is 0 Å². The second-order valence-electron chi connectivity index (χ2n) is 3.68. The molecule has 2 aromatic rings. The minimum atomic E-state index is 0.279. The molecule has 88 valence electrons. The van der Waals surface area contributed by atoms with E-state index in [0.717, 1.165) is 22.8 Å². The lowest BCUT2D eigenvalue weighted by atomic mass is 10.1. The topological polar surface area (TPSA) is 64.7 Å². The maximum atomic E-state index is 5.83. The lowest BCUT2D eigenvalue weighted by Crippen LogP contribution is -2.07. The zero-order valence-electron chi connectivity index (χ0n) is 9.52.